The highest BCUT2D eigenvalue weighted by molar-refractivity contribution is 7.13. The normalized spacial score (nSPS) is 10.9. The lowest BCUT2D eigenvalue weighted by Gasteiger charge is -2.07. The molecule has 0 aliphatic rings. The second kappa shape index (κ2) is 8.91. The lowest BCUT2D eigenvalue weighted by Crippen LogP contribution is -2.08. The van der Waals surface area contributed by atoms with Crippen LogP contribution in [0.2, 0.25) is 0 Å². The lowest BCUT2D eigenvalue weighted by molar-refractivity contribution is -0.144. The maximum absolute atomic E-state index is 12.1. The van der Waals surface area contributed by atoms with Crippen molar-refractivity contribution in [3.05, 3.63) is 70.3 Å². The molecule has 0 N–H and O–H groups in total. The number of esters is 1. The van der Waals surface area contributed by atoms with Crippen molar-refractivity contribution in [2.45, 2.75) is 33.5 Å². The van der Waals surface area contributed by atoms with Crippen molar-refractivity contribution >= 4 is 17.3 Å². The number of aryl methyl sites for hydroxylation is 2. The zero-order chi connectivity index (χ0) is 20.9. The van der Waals surface area contributed by atoms with E-state index < -0.39 is 0 Å². The molecule has 0 spiro atoms. The van der Waals surface area contributed by atoms with Gasteiger partial charge in [0, 0.05) is 0 Å². The summed E-state index contributed by atoms with van der Waals surface area (Å²) in [6, 6.07) is 11.1. The maximum Gasteiger partial charge on any atom is 0.310 e. The van der Waals surface area contributed by atoms with Gasteiger partial charge in [0.05, 0.1) is 22.6 Å². The van der Waals surface area contributed by atoms with Crippen molar-refractivity contribution in [1.82, 2.24) is 15.3 Å². The molecule has 9 heteroatoms. The van der Waals surface area contributed by atoms with Crippen molar-refractivity contribution in [1.29, 1.82) is 0 Å². The fourth-order valence-corrected chi connectivity index (χ4v) is 3.40. The molecular formula is C21H19N3O5S. The molecule has 30 heavy (non-hydrogen) atoms. The minimum atomic E-state index is -0.379. The lowest BCUT2D eigenvalue weighted by atomic mass is 10.1. The number of thiophene rings is 1. The molecule has 0 fully saturated rings. The van der Waals surface area contributed by atoms with Crippen LogP contribution in [0.1, 0.15) is 28.5 Å². The predicted octanol–water partition coefficient (Wildman–Crippen LogP) is 4.27. The monoisotopic (exact) mass is 425 g/mol. The number of nitrogens with zero attached hydrogens (tertiary/aromatic N) is 3. The van der Waals surface area contributed by atoms with Gasteiger partial charge in [-0.3, -0.25) is 4.79 Å². The van der Waals surface area contributed by atoms with Gasteiger partial charge in [-0.2, -0.15) is 4.98 Å². The summed E-state index contributed by atoms with van der Waals surface area (Å²) in [5.41, 5.74) is 2.57. The topological polar surface area (TPSA) is 100 Å². The molecule has 4 aromatic rings. The molecule has 0 amide bonds. The zero-order valence-corrected chi connectivity index (χ0v) is 17.3. The van der Waals surface area contributed by atoms with Crippen LogP contribution in [0.3, 0.4) is 0 Å². The molecule has 1 aromatic carbocycles. The standard InChI is InChI=1S/C21H19N3O5S/c1-13-17(14(2)28-23-13)11-26-16-7-5-15(6-8-16)10-20(25)27-12-19-22-21(24-29-19)18-4-3-9-30-18/h3-9H,10-12H2,1-2H3. The van der Waals surface area contributed by atoms with Crippen molar-refractivity contribution in [3.63, 3.8) is 0 Å². The number of hydrogen-bond acceptors (Lipinski definition) is 9. The molecule has 3 heterocycles. The fraction of sp³-hybridized carbons (Fsp3) is 0.238. The Balaban J connectivity index is 1.25. The van der Waals surface area contributed by atoms with Crippen LogP contribution in [-0.2, 0) is 29.2 Å². The largest absolute Gasteiger partial charge is 0.489 e. The first-order valence-corrected chi connectivity index (χ1v) is 10.1. The Morgan fingerprint density at radius 3 is 2.60 bits per heavy atom. The second-order valence-electron chi connectivity index (χ2n) is 6.56. The Kier molecular flexibility index (Phi) is 5.89. The van der Waals surface area contributed by atoms with Crippen LogP contribution in [0, 0.1) is 13.8 Å². The van der Waals surface area contributed by atoms with Crippen molar-refractivity contribution in [3.8, 4) is 16.5 Å². The smallest absolute Gasteiger partial charge is 0.310 e. The van der Waals surface area contributed by atoms with Gasteiger partial charge in [0.1, 0.15) is 18.1 Å². The molecule has 3 aromatic heterocycles. The Morgan fingerprint density at radius 2 is 1.90 bits per heavy atom. The first-order chi connectivity index (χ1) is 14.6. The molecular weight excluding hydrogens is 406 g/mol. The van der Waals surface area contributed by atoms with E-state index in [9.17, 15) is 4.79 Å². The van der Waals surface area contributed by atoms with Gasteiger partial charge in [-0.15, -0.1) is 11.3 Å². The van der Waals surface area contributed by atoms with E-state index in [4.69, 9.17) is 18.5 Å². The quantitative estimate of drug-likeness (QED) is 0.386. The number of carbonyl (C=O) groups excluding carboxylic acids is 1. The molecule has 0 radical (unpaired) electrons. The third kappa shape index (κ3) is 4.74. The molecule has 0 aliphatic carbocycles. The number of carbonyl (C=O) groups is 1. The maximum atomic E-state index is 12.1. The molecule has 154 valence electrons. The Bertz CT molecular complexity index is 1100. The molecule has 0 saturated carbocycles. The number of ether oxygens (including phenoxy) is 2. The summed E-state index contributed by atoms with van der Waals surface area (Å²) in [6.07, 6.45) is 0.135. The summed E-state index contributed by atoms with van der Waals surface area (Å²) in [6.45, 7) is 4.04. The van der Waals surface area contributed by atoms with Crippen LogP contribution >= 0.6 is 11.3 Å². The van der Waals surface area contributed by atoms with Gasteiger partial charge in [0.2, 0.25) is 5.82 Å². The number of benzene rings is 1. The van der Waals surface area contributed by atoms with E-state index in [1.54, 1.807) is 0 Å². The fourth-order valence-electron chi connectivity index (χ4n) is 2.75. The van der Waals surface area contributed by atoms with Gasteiger partial charge < -0.3 is 18.5 Å². The first-order valence-electron chi connectivity index (χ1n) is 9.24. The summed E-state index contributed by atoms with van der Waals surface area (Å²) >= 11 is 1.51. The van der Waals surface area contributed by atoms with Crippen molar-refractivity contribution in [2.24, 2.45) is 0 Å². The molecule has 0 aliphatic heterocycles. The molecule has 4 rings (SSSR count). The number of aromatic nitrogens is 3. The summed E-state index contributed by atoms with van der Waals surface area (Å²) < 4.78 is 21.2. The van der Waals surface area contributed by atoms with Crippen LogP contribution < -0.4 is 4.74 Å². The Hall–Kier alpha value is -3.46. The van der Waals surface area contributed by atoms with Gasteiger partial charge in [-0.05, 0) is 43.0 Å². The van der Waals surface area contributed by atoms with Crippen LogP contribution in [0.5, 0.6) is 5.75 Å². The van der Waals surface area contributed by atoms with Crippen LogP contribution in [0.25, 0.3) is 10.7 Å². The van der Waals surface area contributed by atoms with Crippen molar-refractivity contribution < 1.29 is 23.3 Å². The predicted molar refractivity (Wildman–Crippen MR) is 108 cm³/mol. The summed E-state index contributed by atoms with van der Waals surface area (Å²) in [4.78, 5) is 17.2. The van der Waals surface area contributed by atoms with E-state index in [0.29, 0.717) is 18.2 Å². The van der Waals surface area contributed by atoms with Gasteiger partial charge in [-0.1, -0.05) is 28.5 Å². The van der Waals surface area contributed by atoms with Crippen LogP contribution in [0.4, 0.5) is 0 Å². The average Bonchev–Trinajstić information content (AvgIpc) is 3.48. The highest BCUT2D eigenvalue weighted by Crippen LogP contribution is 2.21. The second-order valence-corrected chi connectivity index (χ2v) is 7.51. The van der Waals surface area contributed by atoms with E-state index in [2.05, 4.69) is 15.3 Å². The molecule has 0 bridgehead atoms. The minimum Gasteiger partial charge on any atom is -0.489 e. The van der Waals surface area contributed by atoms with Crippen LogP contribution in [-0.4, -0.2) is 21.3 Å². The van der Waals surface area contributed by atoms with E-state index in [0.717, 1.165) is 27.5 Å². The summed E-state index contributed by atoms with van der Waals surface area (Å²) in [7, 11) is 0. The third-order valence-electron chi connectivity index (χ3n) is 4.40. The van der Waals surface area contributed by atoms with Gasteiger partial charge in [0.15, 0.2) is 6.61 Å². The molecule has 0 unspecified atom stereocenters. The Labute approximate surface area is 176 Å². The Morgan fingerprint density at radius 1 is 1.07 bits per heavy atom. The van der Waals surface area contributed by atoms with Gasteiger partial charge in [0.25, 0.3) is 5.89 Å². The van der Waals surface area contributed by atoms with Crippen LogP contribution in [0.15, 0.2) is 50.8 Å². The highest BCUT2D eigenvalue weighted by atomic mass is 32.1. The van der Waals surface area contributed by atoms with Crippen molar-refractivity contribution in [2.75, 3.05) is 0 Å². The third-order valence-corrected chi connectivity index (χ3v) is 5.27. The number of rotatable bonds is 8. The SMILES string of the molecule is Cc1noc(C)c1COc1ccc(CC(=O)OCc2nc(-c3cccs3)no2)cc1. The first kappa shape index (κ1) is 19.8. The number of hydrogen-bond donors (Lipinski definition) is 0. The van der Waals surface area contributed by atoms with E-state index in [1.165, 1.54) is 11.3 Å². The zero-order valence-electron chi connectivity index (χ0n) is 16.5. The summed E-state index contributed by atoms with van der Waals surface area (Å²) in [5, 5.41) is 9.72. The summed E-state index contributed by atoms with van der Waals surface area (Å²) in [5.74, 6) is 1.81. The molecule has 0 saturated heterocycles. The highest BCUT2D eigenvalue weighted by Gasteiger charge is 2.13. The van der Waals surface area contributed by atoms with E-state index in [-0.39, 0.29) is 24.9 Å². The molecule has 0 atom stereocenters. The van der Waals surface area contributed by atoms with Gasteiger partial charge in [-0.25, -0.2) is 0 Å². The average molecular weight is 425 g/mol. The minimum absolute atomic E-state index is 0.0597. The van der Waals surface area contributed by atoms with E-state index >= 15 is 0 Å². The van der Waals surface area contributed by atoms with Gasteiger partial charge >= 0.3 is 5.97 Å². The van der Waals surface area contributed by atoms with E-state index in [1.807, 2.05) is 55.6 Å². The molecule has 8 nitrogen and oxygen atoms in total.